The first kappa shape index (κ1) is 19.4. The fraction of sp³-hybridized carbons (Fsp3) is 0.455. The van der Waals surface area contributed by atoms with Gasteiger partial charge in [-0.2, -0.15) is 0 Å². The van der Waals surface area contributed by atoms with Gasteiger partial charge in [0.05, 0.1) is 11.6 Å². The van der Waals surface area contributed by atoms with Crippen molar-refractivity contribution < 1.29 is 4.79 Å². The molecule has 1 atom stereocenters. The van der Waals surface area contributed by atoms with Gasteiger partial charge in [-0.1, -0.05) is 37.3 Å². The summed E-state index contributed by atoms with van der Waals surface area (Å²) < 4.78 is 0. The van der Waals surface area contributed by atoms with E-state index in [1.165, 1.54) is 18.4 Å². The summed E-state index contributed by atoms with van der Waals surface area (Å²) in [4.78, 5) is 21.6. The zero-order valence-corrected chi connectivity index (χ0v) is 16.6. The van der Waals surface area contributed by atoms with Crippen LogP contribution in [0, 0.1) is 5.92 Å². The van der Waals surface area contributed by atoms with Gasteiger partial charge in [-0.15, -0.1) is 0 Å². The van der Waals surface area contributed by atoms with E-state index < -0.39 is 0 Å². The van der Waals surface area contributed by atoms with Crippen molar-refractivity contribution in [2.45, 2.75) is 25.8 Å². The lowest BCUT2D eigenvalue weighted by atomic mass is 9.95. The molecule has 1 fully saturated rings. The van der Waals surface area contributed by atoms with E-state index >= 15 is 0 Å². The highest BCUT2D eigenvalue weighted by atomic mass is 16.1. The molecule has 3 rings (SSSR count). The van der Waals surface area contributed by atoms with E-state index in [4.69, 9.17) is 0 Å². The molecule has 2 aromatic rings. The molecule has 27 heavy (non-hydrogen) atoms. The van der Waals surface area contributed by atoms with Crippen molar-refractivity contribution in [1.29, 1.82) is 0 Å². The van der Waals surface area contributed by atoms with E-state index in [-0.39, 0.29) is 11.9 Å². The predicted octanol–water partition coefficient (Wildman–Crippen LogP) is 3.35. The molecule has 1 aromatic heterocycles. The Balaban J connectivity index is 1.74. The smallest absolute Gasteiger partial charge is 0.255 e. The maximum atomic E-state index is 12.8. The van der Waals surface area contributed by atoms with E-state index in [0.717, 1.165) is 19.0 Å². The molecule has 0 aliphatic carbocycles. The Kier molecular flexibility index (Phi) is 6.45. The number of piperidine rings is 1. The van der Waals surface area contributed by atoms with Crippen LogP contribution in [0.15, 0.2) is 48.7 Å². The second kappa shape index (κ2) is 9.00. The fourth-order valence-corrected chi connectivity index (χ4v) is 3.69. The Hall–Kier alpha value is -2.40. The van der Waals surface area contributed by atoms with Crippen LogP contribution in [0.5, 0.6) is 0 Å². The van der Waals surface area contributed by atoms with Crippen LogP contribution in [0.2, 0.25) is 0 Å². The fourth-order valence-electron chi connectivity index (χ4n) is 3.69. The van der Waals surface area contributed by atoms with E-state index in [9.17, 15) is 4.79 Å². The number of amides is 1. The summed E-state index contributed by atoms with van der Waals surface area (Å²) in [5.41, 5.74) is 1.87. The van der Waals surface area contributed by atoms with E-state index in [0.29, 0.717) is 17.9 Å². The Morgan fingerprint density at radius 3 is 2.56 bits per heavy atom. The van der Waals surface area contributed by atoms with Crippen LogP contribution >= 0.6 is 0 Å². The van der Waals surface area contributed by atoms with Gasteiger partial charge in [0.1, 0.15) is 5.82 Å². The lowest BCUT2D eigenvalue weighted by molar-refractivity contribution is 0.0913. The van der Waals surface area contributed by atoms with E-state index in [2.05, 4.69) is 46.4 Å². The molecule has 1 amide bonds. The normalized spacial score (nSPS) is 16.7. The van der Waals surface area contributed by atoms with E-state index in [1.807, 2.05) is 37.2 Å². The highest BCUT2D eigenvalue weighted by molar-refractivity contribution is 5.98. The van der Waals surface area contributed by atoms with Crippen molar-refractivity contribution >= 4 is 11.7 Å². The molecule has 0 radical (unpaired) electrons. The summed E-state index contributed by atoms with van der Waals surface area (Å²) in [6.45, 7) is 5.07. The minimum atomic E-state index is -0.0712. The first-order valence-electron chi connectivity index (χ1n) is 9.75. The Bertz CT molecular complexity index is 739. The SMILES string of the molecule is CC1CCN(C(CNC(=O)c2cccnc2N(C)C)c2ccccc2)CC1. The molecule has 0 bridgehead atoms. The molecule has 1 saturated heterocycles. The van der Waals surface area contributed by atoms with Crippen molar-refractivity contribution in [3.63, 3.8) is 0 Å². The molecule has 144 valence electrons. The van der Waals surface area contributed by atoms with Gasteiger partial charge in [0.25, 0.3) is 5.91 Å². The van der Waals surface area contributed by atoms with Gasteiger partial charge >= 0.3 is 0 Å². The van der Waals surface area contributed by atoms with E-state index in [1.54, 1.807) is 6.20 Å². The number of carbonyl (C=O) groups excluding carboxylic acids is 1. The number of anilines is 1. The minimum Gasteiger partial charge on any atom is -0.362 e. The summed E-state index contributed by atoms with van der Waals surface area (Å²) >= 11 is 0. The summed E-state index contributed by atoms with van der Waals surface area (Å²) in [6.07, 6.45) is 4.14. The van der Waals surface area contributed by atoms with Gasteiger partial charge in [-0.3, -0.25) is 9.69 Å². The molecule has 1 unspecified atom stereocenters. The first-order valence-corrected chi connectivity index (χ1v) is 9.75. The first-order chi connectivity index (χ1) is 13.1. The molecule has 1 aliphatic heterocycles. The summed E-state index contributed by atoms with van der Waals surface area (Å²) in [6, 6.07) is 14.3. The Morgan fingerprint density at radius 1 is 1.19 bits per heavy atom. The van der Waals surface area contributed by atoms with Gasteiger partial charge in [0.2, 0.25) is 0 Å². The van der Waals surface area contributed by atoms with Crippen LogP contribution in [0.25, 0.3) is 0 Å². The maximum absolute atomic E-state index is 12.8. The number of rotatable bonds is 6. The monoisotopic (exact) mass is 366 g/mol. The number of nitrogens with zero attached hydrogens (tertiary/aromatic N) is 3. The van der Waals surface area contributed by atoms with Crippen molar-refractivity contribution in [3.05, 3.63) is 59.8 Å². The van der Waals surface area contributed by atoms with Crippen molar-refractivity contribution in [1.82, 2.24) is 15.2 Å². The number of aromatic nitrogens is 1. The number of hydrogen-bond donors (Lipinski definition) is 1. The highest BCUT2D eigenvalue weighted by Gasteiger charge is 2.25. The van der Waals surface area contributed by atoms with Crippen molar-refractivity contribution in [2.24, 2.45) is 5.92 Å². The maximum Gasteiger partial charge on any atom is 0.255 e. The lowest BCUT2D eigenvalue weighted by Crippen LogP contribution is -2.42. The van der Waals surface area contributed by atoms with Crippen molar-refractivity contribution in [2.75, 3.05) is 38.6 Å². The van der Waals surface area contributed by atoms with Crippen LogP contribution in [0.1, 0.15) is 41.7 Å². The predicted molar refractivity (Wildman–Crippen MR) is 110 cm³/mol. The highest BCUT2D eigenvalue weighted by Crippen LogP contribution is 2.26. The van der Waals surface area contributed by atoms with Crippen LogP contribution in [-0.2, 0) is 0 Å². The lowest BCUT2D eigenvalue weighted by Gasteiger charge is -2.37. The number of likely N-dealkylation sites (tertiary alicyclic amines) is 1. The minimum absolute atomic E-state index is 0.0712. The average Bonchev–Trinajstić information content (AvgIpc) is 2.70. The Labute approximate surface area is 162 Å². The third-order valence-corrected chi connectivity index (χ3v) is 5.35. The molecular weight excluding hydrogens is 336 g/mol. The summed E-state index contributed by atoms with van der Waals surface area (Å²) in [7, 11) is 3.81. The molecular formula is C22H30N4O. The van der Waals surface area contributed by atoms with Crippen LogP contribution < -0.4 is 10.2 Å². The largest absolute Gasteiger partial charge is 0.362 e. The summed E-state index contributed by atoms with van der Waals surface area (Å²) in [5.74, 6) is 1.40. The van der Waals surface area contributed by atoms with Gasteiger partial charge in [0.15, 0.2) is 0 Å². The molecule has 0 spiro atoms. The standard InChI is InChI=1S/C22H30N4O/c1-17-11-14-26(15-12-17)20(18-8-5-4-6-9-18)16-24-22(27)19-10-7-13-23-21(19)25(2)3/h4-10,13,17,20H,11-12,14-16H2,1-3H3,(H,24,27). The van der Waals surface area contributed by atoms with Gasteiger partial charge in [-0.05, 0) is 49.5 Å². The van der Waals surface area contributed by atoms with Crippen LogP contribution in [0.4, 0.5) is 5.82 Å². The number of nitrogens with one attached hydrogen (secondary N) is 1. The molecule has 0 saturated carbocycles. The van der Waals surface area contributed by atoms with Crippen LogP contribution in [0.3, 0.4) is 0 Å². The van der Waals surface area contributed by atoms with Gasteiger partial charge < -0.3 is 10.2 Å². The second-order valence-electron chi connectivity index (χ2n) is 7.62. The Morgan fingerprint density at radius 2 is 1.89 bits per heavy atom. The van der Waals surface area contributed by atoms with Crippen LogP contribution in [-0.4, -0.2) is 49.5 Å². The number of hydrogen-bond acceptors (Lipinski definition) is 4. The molecule has 5 heteroatoms. The number of carbonyl (C=O) groups is 1. The zero-order chi connectivity index (χ0) is 19.2. The quantitative estimate of drug-likeness (QED) is 0.852. The van der Waals surface area contributed by atoms with Gasteiger partial charge in [0, 0.05) is 26.8 Å². The molecule has 5 nitrogen and oxygen atoms in total. The number of pyridine rings is 1. The molecule has 1 N–H and O–H groups in total. The molecule has 1 aliphatic rings. The summed E-state index contributed by atoms with van der Waals surface area (Å²) in [5, 5.41) is 3.15. The number of benzene rings is 1. The second-order valence-corrected chi connectivity index (χ2v) is 7.62. The zero-order valence-electron chi connectivity index (χ0n) is 16.6. The third-order valence-electron chi connectivity index (χ3n) is 5.35. The third kappa shape index (κ3) is 4.86. The topological polar surface area (TPSA) is 48.5 Å². The van der Waals surface area contributed by atoms with Crippen molar-refractivity contribution in [3.8, 4) is 0 Å². The average molecular weight is 367 g/mol. The molecule has 2 heterocycles. The molecule has 1 aromatic carbocycles. The van der Waals surface area contributed by atoms with Gasteiger partial charge in [-0.25, -0.2) is 4.98 Å².